The molecule has 1 saturated heterocycles. The van der Waals surface area contributed by atoms with E-state index < -0.39 is 11.6 Å². The van der Waals surface area contributed by atoms with E-state index in [1.54, 1.807) is 0 Å². The van der Waals surface area contributed by atoms with Crippen molar-refractivity contribution in [1.82, 2.24) is 15.1 Å². The molecule has 28 heavy (non-hydrogen) atoms. The fraction of sp³-hybridized carbons (Fsp3) is 0.619. The number of hydrogen-bond donors (Lipinski definition) is 1. The van der Waals surface area contributed by atoms with E-state index in [4.69, 9.17) is 0 Å². The van der Waals surface area contributed by atoms with Gasteiger partial charge in [0.1, 0.15) is 11.6 Å². The number of piperazine rings is 1. The Morgan fingerprint density at radius 2 is 1.64 bits per heavy atom. The van der Waals surface area contributed by atoms with Crippen LogP contribution in [-0.4, -0.2) is 54.3 Å². The number of nitrogens with one attached hydrogen (secondary N) is 1. The Kier molecular flexibility index (Phi) is 7.36. The summed E-state index contributed by atoms with van der Waals surface area (Å²) in [5, 5.41) is 2.69. The van der Waals surface area contributed by atoms with Gasteiger partial charge in [-0.1, -0.05) is 25.7 Å². The van der Waals surface area contributed by atoms with E-state index in [-0.39, 0.29) is 24.9 Å². The summed E-state index contributed by atoms with van der Waals surface area (Å²) in [6.07, 6.45) is 6.76. The van der Waals surface area contributed by atoms with E-state index in [1.807, 2.05) is 9.80 Å². The summed E-state index contributed by atoms with van der Waals surface area (Å²) in [6, 6.07) is 3.22. The molecule has 0 aromatic heterocycles. The highest BCUT2D eigenvalue weighted by molar-refractivity contribution is 5.78. The average Bonchev–Trinajstić information content (AvgIpc) is 3.18. The number of rotatable bonds is 7. The molecule has 1 heterocycles. The van der Waals surface area contributed by atoms with Crippen molar-refractivity contribution in [1.29, 1.82) is 0 Å². The van der Waals surface area contributed by atoms with Gasteiger partial charge in [0, 0.05) is 45.2 Å². The third-order valence-electron chi connectivity index (χ3n) is 5.75. The van der Waals surface area contributed by atoms with Gasteiger partial charge in [0.25, 0.3) is 0 Å². The number of hydrogen-bond acceptors (Lipinski definition) is 3. The van der Waals surface area contributed by atoms with Gasteiger partial charge < -0.3 is 10.2 Å². The van der Waals surface area contributed by atoms with Crippen molar-refractivity contribution in [2.24, 2.45) is 5.92 Å². The maximum absolute atomic E-state index is 13.2. The Morgan fingerprint density at radius 3 is 2.29 bits per heavy atom. The maximum Gasteiger partial charge on any atom is 0.234 e. The number of nitrogens with zero attached hydrogens (tertiary/aromatic N) is 2. The Labute approximate surface area is 165 Å². The molecular weight excluding hydrogens is 364 g/mol. The molecule has 0 radical (unpaired) electrons. The van der Waals surface area contributed by atoms with E-state index >= 15 is 0 Å². The monoisotopic (exact) mass is 393 g/mol. The van der Waals surface area contributed by atoms with Crippen LogP contribution in [0.3, 0.4) is 0 Å². The molecule has 0 atom stereocenters. The predicted molar refractivity (Wildman–Crippen MR) is 102 cm³/mol. The largest absolute Gasteiger partial charge is 0.351 e. The fourth-order valence-electron chi connectivity index (χ4n) is 4.11. The highest BCUT2D eigenvalue weighted by atomic mass is 19.1. The molecule has 1 saturated carbocycles. The number of halogens is 2. The van der Waals surface area contributed by atoms with Gasteiger partial charge in [-0.25, -0.2) is 8.78 Å². The predicted octanol–water partition coefficient (Wildman–Crippen LogP) is 2.70. The minimum atomic E-state index is -0.655. The van der Waals surface area contributed by atoms with Crippen LogP contribution < -0.4 is 5.32 Å². The number of benzene rings is 1. The fourth-order valence-corrected chi connectivity index (χ4v) is 4.11. The van der Waals surface area contributed by atoms with Gasteiger partial charge in [-0.05, 0) is 30.0 Å². The minimum Gasteiger partial charge on any atom is -0.351 e. The number of amides is 2. The van der Waals surface area contributed by atoms with Gasteiger partial charge in [-0.15, -0.1) is 0 Å². The standard InChI is InChI=1S/C21H29F2N3O2/c22-18-11-17(12-19(23)13-18)14-24-20(27)15-25-7-9-26(10-8-25)21(28)6-5-16-3-1-2-4-16/h11-13,16H,1-10,14-15H2,(H,24,27). The van der Waals surface area contributed by atoms with Gasteiger partial charge in [-0.3, -0.25) is 14.5 Å². The maximum atomic E-state index is 13.2. The van der Waals surface area contributed by atoms with Crippen molar-refractivity contribution in [2.75, 3.05) is 32.7 Å². The van der Waals surface area contributed by atoms with Crippen molar-refractivity contribution in [2.45, 2.75) is 45.1 Å². The lowest BCUT2D eigenvalue weighted by atomic mass is 10.0. The lowest BCUT2D eigenvalue weighted by Crippen LogP contribution is -2.51. The van der Waals surface area contributed by atoms with Crippen LogP contribution in [0.5, 0.6) is 0 Å². The summed E-state index contributed by atoms with van der Waals surface area (Å²) in [6.45, 7) is 2.93. The van der Waals surface area contributed by atoms with Gasteiger partial charge in [0.15, 0.2) is 0 Å². The van der Waals surface area contributed by atoms with Crippen LogP contribution in [0, 0.1) is 17.6 Å². The van der Waals surface area contributed by atoms with Crippen LogP contribution in [0.4, 0.5) is 8.78 Å². The molecule has 2 fully saturated rings. The molecule has 1 aliphatic carbocycles. The van der Waals surface area contributed by atoms with E-state index in [2.05, 4.69) is 5.32 Å². The number of carbonyl (C=O) groups excluding carboxylic acids is 2. The molecule has 154 valence electrons. The molecule has 0 spiro atoms. The zero-order chi connectivity index (χ0) is 19.9. The Morgan fingerprint density at radius 1 is 1.00 bits per heavy atom. The quantitative estimate of drug-likeness (QED) is 0.775. The Balaban J connectivity index is 1.34. The average molecular weight is 393 g/mol. The van der Waals surface area contributed by atoms with Crippen LogP contribution in [0.1, 0.15) is 44.1 Å². The summed E-state index contributed by atoms with van der Waals surface area (Å²) in [5.74, 6) is -0.550. The molecule has 7 heteroatoms. The second-order valence-electron chi connectivity index (χ2n) is 7.90. The van der Waals surface area contributed by atoms with Crippen molar-refractivity contribution in [3.05, 3.63) is 35.4 Å². The van der Waals surface area contributed by atoms with Crippen molar-refractivity contribution >= 4 is 11.8 Å². The molecule has 1 aliphatic heterocycles. The molecule has 1 aromatic rings. The molecule has 1 aromatic carbocycles. The topological polar surface area (TPSA) is 52.7 Å². The minimum absolute atomic E-state index is 0.0904. The third kappa shape index (κ3) is 6.26. The van der Waals surface area contributed by atoms with Crippen LogP contribution >= 0.6 is 0 Å². The smallest absolute Gasteiger partial charge is 0.234 e. The molecule has 3 rings (SSSR count). The normalized spacial score (nSPS) is 18.4. The zero-order valence-electron chi connectivity index (χ0n) is 16.3. The van der Waals surface area contributed by atoms with E-state index in [0.29, 0.717) is 38.2 Å². The molecule has 0 bridgehead atoms. The first-order valence-electron chi connectivity index (χ1n) is 10.2. The first-order chi connectivity index (χ1) is 13.5. The zero-order valence-corrected chi connectivity index (χ0v) is 16.3. The second-order valence-corrected chi connectivity index (χ2v) is 7.90. The summed E-state index contributed by atoms with van der Waals surface area (Å²) in [5.41, 5.74) is 0.392. The molecular formula is C21H29F2N3O2. The number of carbonyl (C=O) groups is 2. The SMILES string of the molecule is O=C(CN1CCN(C(=O)CCC2CCCC2)CC1)NCc1cc(F)cc(F)c1. The summed E-state index contributed by atoms with van der Waals surface area (Å²) in [4.78, 5) is 28.4. The van der Waals surface area contributed by atoms with Crippen molar-refractivity contribution < 1.29 is 18.4 Å². The highest BCUT2D eigenvalue weighted by Gasteiger charge is 2.23. The summed E-state index contributed by atoms with van der Waals surface area (Å²) in [7, 11) is 0. The van der Waals surface area contributed by atoms with Gasteiger partial charge in [0.05, 0.1) is 6.54 Å². The first kappa shape index (κ1) is 20.7. The molecule has 1 N–H and O–H groups in total. The Hall–Kier alpha value is -2.02. The molecule has 2 amide bonds. The molecule has 5 nitrogen and oxygen atoms in total. The van der Waals surface area contributed by atoms with E-state index in [0.717, 1.165) is 18.4 Å². The summed E-state index contributed by atoms with van der Waals surface area (Å²) < 4.78 is 26.4. The third-order valence-corrected chi connectivity index (χ3v) is 5.75. The second kappa shape index (κ2) is 9.96. The van der Waals surface area contributed by atoms with Gasteiger partial charge >= 0.3 is 0 Å². The summed E-state index contributed by atoms with van der Waals surface area (Å²) >= 11 is 0. The Bertz CT molecular complexity index is 664. The molecule has 2 aliphatic rings. The van der Waals surface area contributed by atoms with Gasteiger partial charge in [0.2, 0.25) is 11.8 Å². The molecule has 0 unspecified atom stereocenters. The van der Waals surface area contributed by atoms with Crippen LogP contribution in [0.15, 0.2) is 18.2 Å². The van der Waals surface area contributed by atoms with Crippen molar-refractivity contribution in [3.63, 3.8) is 0 Å². The van der Waals surface area contributed by atoms with Crippen molar-refractivity contribution in [3.8, 4) is 0 Å². The lowest BCUT2D eigenvalue weighted by Gasteiger charge is -2.34. The van der Waals surface area contributed by atoms with Crippen LogP contribution in [0.2, 0.25) is 0 Å². The van der Waals surface area contributed by atoms with Crippen LogP contribution in [0.25, 0.3) is 0 Å². The van der Waals surface area contributed by atoms with E-state index in [1.165, 1.54) is 37.8 Å². The van der Waals surface area contributed by atoms with E-state index in [9.17, 15) is 18.4 Å². The van der Waals surface area contributed by atoms with Gasteiger partial charge in [-0.2, -0.15) is 0 Å². The highest BCUT2D eigenvalue weighted by Crippen LogP contribution is 2.28. The first-order valence-corrected chi connectivity index (χ1v) is 10.2. The van der Waals surface area contributed by atoms with Crippen LogP contribution in [-0.2, 0) is 16.1 Å². The lowest BCUT2D eigenvalue weighted by molar-refractivity contribution is -0.133.